The summed E-state index contributed by atoms with van der Waals surface area (Å²) in [6.07, 6.45) is 0.756. The molecule has 0 spiro atoms. The number of benzene rings is 1. The first kappa shape index (κ1) is 19.9. The molecule has 26 heavy (non-hydrogen) atoms. The molecule has 0 fully saturated rings. The van der Waals surface area contributed by atoms with E-state index < -0.39 is 11.9 Å². The smallest absolute Gasteiger partial charge is 0.318 e. The number of amides is 3. The Labute approximate surface area is 155 Å². The zero-order valence-corrected chi connectivity index (χ0v) is 15.5. The molecule has 0 aliphatic heterocycles. The van der Waals surface area contributed by atoms with Gasteiger partial charge in [-0.05, 0) is 32.4 Å². The number of nitrogens with zero attached hydrogens (tertiary/aromatic N) is 2. The summed E-state index contributed by atoms with van der Waals surface area (Å²) in [6.45, 7) is 4.83. The lowest BCUT2D eigenvalue weighted by molar-refractivity contribution is -0.117. The minimum absolute atomic E-state index is 0.0732. The van der Waals surface area contributed by atoms with Gasteiger partial charge in [-0.15, -0.1) is 0 Å². The summed E-state index contributed by atoms with van der Waals surface area (Å²) in [7, 11) is 0. The second-order valence-electron chi connectivity index (χ2n) is 5.84. The van der Waals surface area contributed by atoms with Gasteiger partial charge in [-0.2, -0.15) is 0 Å². The molecule has 9 heteroatoms. The Morgan fingerprint density at radius 2 is 2.08 bits per heavy atom. The first-order valence-corrected chi connectivity index (χ1v) is 9.20. The molecule has 1 aromatic heterocycles. The van der Waals surface area contributed by atoms with E-state index in [-0.39, 0.29) is 17.4 Å². The van der Waals surface area contributed by atoms with Crippen molar-refractivity contribution in [3.63, 3.8) is 0 Å². The maximum Gasteiger partial charge on any atom is 0.318 e. The first-order valence-electron chi connectivity index (χ1n) is 8.21. The highest BCUT2D eigenvalue weighted by atomic mass is 32.2. The Bertz CT molecular complexity index is 850. The molecule has 0 aliphatic rings. The number of primary amides is 1. The Hall–Kier alpha value is -2.39. The van der Waals surface area contributed by atoms with E-state index >= 15 is 0 Å². The number of imide groups is 1. The molecular formula is C17H22N4O4S. The summed E-state index contributed by atoms with van der Waals surface area (Å²) in [4.78, 5) is 39.7. The monoisotopic (exact) mass is 378 g/mol. The van der Waals surface area contributed by atoms with Crippen LogP contribution in [0.1, 0.15) is 20.3 Å². The minimum atomic E-state index is -0.912. The SMILES string of the molecule is CC(C)OCCCn1c(SCC(=O)NC(N)=O)nc2ccccc2c1=O. The molecule has 0 atom stereocenters. The van der Waals surface area contributed by atoms with Crippen molar-refractivity contribution in [1.29, 1.82) is 0 Å². The van der Waals surface area contributed by atoms with Crippen LogP contribution in [0, 0.1) is 0 Å². The minimum Gasteiger partial charge on any atom is -0.379 e. The molecule has 0 bridgehead atoms. The molecule has 1 heterocycles. The van der Waals surface area contributed by atoms with Crippen molar-refractivity contribution in [1.82, 2.24) is 14.9 Å². The van der Waals surface area contributed by atoms with Gasteiger partial charge in [0.15, 0.2) is 5.16 Å². The third-order valence-electron chi connectivity index (χ3n) is 3.40. The van der Waals surface area contributed by atoms with Crippen LogP contribution in [-0.2, 0) is 16.1 Å². The van der Waals surface area contributed by atoms with Crippen LogP contribution in [-0.4, -0.2) is 40.0 Å². The van der Waals surface area contributed by atoms with Crippen molar-refractivity contribution in [2.45, 2.75) is 38.1 Å². The number of carbonyl (C=O) groups is 2. The Morgan fingerprint density at radius 1 is 1.35 bits per heavy atom. The lowest BCUT2D eigenvalue weighted by atomic mass is 10.2. The number of ether oxygens (including phenoxy) is 1. The van der Waals surface area contributed by atoms with Crippen LogP contribution in [0.4, 0.5) is 4.79 Å². The van der Waals surface area contributed by atoms with E-state index in [9.17, 15) is 14.4 Å². The zero-order chi connectivity index (χ0) is 19.1. The molecule has 8 nitrogen and oxygen atoms in total. The molecule has 140 valence electrons. The Balaban J connectivity index is 2.24. The van der Waals surface area contributed by atoms with Crippen molar-refractivity contribution in [2.24, 2.45) is 5.73 Å². The number of carbonyl (C=O) groups excluding carboxylic acids is 2. The molecule has 3 N–H and O–H groups in total. The van der Waals surface area contributed by atoms with E-state index in [4.69, 9.17) is 10.5 Å². The van der Waals surface area contributed by atoms with Crippen molar-refractivity contribution in [3.05, 3.63) is 34.6 Å². The number of hydrogen-bond donors (Lipinski definition) is 2. The number of aromatic nitrogens is 2. The van der Waals surface area contributed by atoms with Gasteiger partial charge in [0.25, 0.3) is 5.56 Å². The summed E-state index contributed by atoms with van der Waals surface area (Å²) in [5.74, 6) is -0.615. The quantitative estimate of drug-likeness (QED) is 0.408. The second kappa shape index (κ2) is 9.35. The molecule has 0 saturated carbocycles. The van der Waals surface area contributed by atoms with Crippen LogP contribution < -0.4 is 16.6 Å². The average molecular weight is 378 g/mol. The number of nitrogens with two attached hydrogens (primary N) is 1. The van der Waals surface area contributed by atoms with E-state index in [0.29, 0.717) is 35.6 Å². The number of para-hydroxylation sites is 1. The normalized spacial score (nSPS) is 11.0. The van der Waals surface area contributed by atoms with E-state index in [1.165, 1.54) is 4.57 Å². The predicted molar refractivity (Wildman–Crippen MR) is 100 cm³/mol. The lowest BCUT2D eigenvalue weighted by Crippen LogP contribution is -2.36. The highest BCUT2D eigenvalue weighted by molar-refractivity contribution is 7.99. The second-order valence-corrected chi connectivity index (χ2v) is 6.79. The van der Waals surface area contributed by atoms with Crippen LogP contribution in [0.25, 0.3) is 10.9 Å². The van der Waals surface area contributed by atoms with E-state index in [1.54, 1.807) is 24.3 Å². The van der Waals surface area contributed by atoms with Crippen LogP contribution >= 0.6 is 11.8 Å². The average Bonchev–Trinajstić information content (AvgIpc) is 2.58. The molecule has 0 radical (unpaired) electrons. The van der Waals surface area contributed by atoms with E-state index in [0.717, 1.165) is 11.8 Å². The molecular weight excluding hydrogens is 356 g/mol. The van der Waals surface area contributed by atoms with E-state index in [2.05, 4.69) is 4.98 Å². The van der Waals surface area contributed by atoms with Crippen molar-refractivity contribution < 1.29 is 14.3 Å². The molecule has 2 aromatic rings. The highest BCUT2D eigenvalue weighted by Gasteiger charge is 2.13. The fourth-order valence-electron chi connectivity index (χ4n) is 2.30. The molecule has 3 amide bonds. The maximum absolute atomic E-state index is 12.8. The van der Waals surface area contributed by atoms with Crippen LogP contribution in [0.5, 0.6) is 0 Å². The highest BCUT2D eigenvalue weighted by Crippen LogP contribution is 2.18. The number of thioether (sulfide) groups is 1. The summed E-state index contributed by atoms with van der Waals surface area (Å²) in [6, 6.07) is 6.13. The fourth-order valence-corrected chi connectivity index (χ4v) is 3.13. The van der Waals surface area contributed by atoms with Crippen molar-refractivity contribution in [3.8, 4) is 0 Å². The summed E-state index contributed by atoms with van der Waals surface area (Å²) in [5.41, 5.74) is 5.32. The number of hydrogen-bond acceptors (Lipinski definition) is 6. The number of fused-ring (bicyclic) bond motifs is 1. The van der Waals surface area contributed by atoms with Crippen molar-refractivity contribution >= 4 is 34.6 Å². The number of urea groups is 1. The number of rotatable bonds is 8. The maximum atomic E-state index is 12.8. The van der Waals surface area contributed by atoms with Gasteiger partial charge in [0.1, 0.15) is 0 Å². The molecule has 2 rings (SSSR count). The van der Waals surface area contributed by atoms with Gasteiger partial charge in [-0.25, -0.2) is 9.78 Å². The van der Waals surface area contributed by atoms with Crippen LogP contribution in [0.3, 0.4) is 0 Å². The predicted octanol–water partition coefficient (Wildman–Crippen LogP) is 1.50. The molecule has 0 aliphatic carbocycles. The van der Waals surface area contributed by atoms with Crippen molar-refractivity contribution in [2.75, 3.05) is 12.4 Å². The summed E-state index contributed by atoms with van der Waals surface area (Å²) < 4.78 is 7.05. The number of nitrogens with one attached hydrogen (secondary N) is 1. The van der Waals surface area contributed by atoms with Crippen LogP contribution in [0.15, 0.2) is 34.2 Å². The van der Waals surface area contributed by atoms with Gasteiger partial charge in [0, 0.05) is 13.2 Å². The van der Waals surface area contributed by atoms with E-state index in [1.807, 2.05) is 19.2 Å². The van der Waals surface area contributed by atoms with Gasteiger partial charge in [0.2, 0.25) is 5.91 Å². The standard InChI is InChI=1S/C17H22N4O4S/c1-11(2)25-9-5-8-21-15(23)12-6-3-4-7-13(12)19-17(21)26-10-14(22)20-16(18)24/h3-4,6-7,11H,5,8-10H2,1-2H3,(H3,18,20,22,24). The van der Waals surface area contributed by atoms with Gasteiger partial charge in [-0.1, -0.05) is 23.9 Å². The molecule has 1 aromatic carbocycles. The Kier molecular flexibility index (Phi) is 7.16. The third-order valence-corrected chi connectivity index (χ3v) is 4.38. The molecule has 0 saturated heterocycles. The third kappa shape index (κ3) is 5.57. The first-order chi connectivity index (χ1) is 12.4. The largest absolute Gasteiger partial charge is 0.379 e. The summed E-state index contributed by atoms with van der Waals surface area (Å²) in [5, 5.41) is 2.92. The summed E-state index contributed by atoms with van der Waals surface area (Å²) >= 11 is 1.08. The zero-order valence-electron chi connectivity index (χ0n) is 14.7. The fraction of sp³-hybridized carbons (Fsp3) is 0.412. The van der Waals surface area contributed by atoms with Gasteiger partial charge >= 0.3 is 6.03 Å². The lowest BCUT2D eigenvalue weighted by Gasteiger charge is -2.13. The van der Waals surface area contributed by atoms with Gasteiger partial charge in [-0.3, -0.25) is 19.5 Å². The van der Waals surface area contributed by atoms with Gasteiger partial charge < -0.3 is 10.5 Å². The van der Waals surface area contributed by atoms with Gasteiger partial charge in [0.05, 0.1) is 22.8 Å². The molecule has 0 unspecified atom stereocenters. The van der Waals surface area contributed by atoms with Crippen LogP contribution in [0.2, 0.25) is 0 Å². The topological polar surface area (TPSA) is 116 Å². The Morgan fingerprint density at radius 3 is 2.77 bits per heavy atom.